The van der Waals surface area contributed by atoms with Crippen LogP contribution in [0.2, 0.25) is 0 Å². The molecule has 1 heterocycles. The summed E-state index contributed by atoms with van der Waals surface area (Å²) in [6.07, 6.45) is 4.94. The molecule has 3 rings (SSSR count). The van der Waals surface area contributed by atoms with Crippen LogP contribution in [0.3, 0.4) is 0 Å². The SMILES string of the molecule is CCC(CC1CC1)n1c(CCCl)nc2ccc(F)c(F)c21. The molecular formula is C16H19ClF2N2. The van der Waals surface area contributed by atoms with Gasteiger partial charge in [0.25, 0.3) is 0 Å². The third kappa shape index (κ3) is 2.78. The van der Waals surface area contributed by atoms with Crippen molar-refractivity contribution in [3.05, 3.63) is 29.6 Å². The molecule has 5 heteroatoms. The largest absolute Gasteiger partial charge is 0.322 e. The topological polar surface area (TPSA) is 17.8 Å². The molecule has 1 atom stereocenters. The smallest absolute Gasteiger partial charge is 0.184 e. The van der Waals surface area contributed by atoms with Gasteiger partial charge in [-0.2, -0.15) is 0 Å². The lowest BCUT2D eigenvalue weighted by Gasteiger charge is -2.20. The van der Waals surface area contributed by atoms with Crippen molar-refractivity contribution in [2.24, 2.45) is 5.92 Å². The quantitative estimate of drug-likeness (QED) is 0.697. The zero-order valence-electron chi connectivity index (χ0n) is 12.1. The molecule has 1 aliphatic rings. The van der Waals surface area contributed by atoms with Crippen LogP contribution < -0.4 is 0 Å². The van der Waals surface area contributed by atoms with Crippen molar-refractivity contribution in [1.82, 2.24) is 9.55 Å². The highest BCUT2D eigenvalue weighted by atomic mass is 35.5. The third-order valence-corrected chi connectivity index (χ3v) is 4.46. The predicted molar refractivity (Wildman–Crippen MR) is 80.7 cm³/mol. The lowest BCUT2D eigenvalue weighted by molar-refractivity contribution is 0.420. The number of aryl methyl sites for hydroxylation is 1. The van der Waals surface area contributed by atoms with E-state index in [-0.39, 0.29) is 6.04 Å². The minimum atomic E-state index is -0.817. The standard InChI is InChI=1S/C16H19ClF2N2/c1-2-11(9-10-3-4-10)21-14(7-8-17)20-13-6-5-12(18)15(19)16(13)21/h5-6,10-11H,2-4,7-9H2,1H3. The Balaban J connectivity index is 2.15. The first-order chi connectivity index (χ1) is 10.2. The molecular weight excluding hydrogens is 294 g/mol. The van der Waals surface area contributed by atoms with Crippen LogP contribution in [0.25, 0.3) is 11.0 Å². The molecule has 2 aromatic rings. The van der Waals surface area contributed by atoms with E-state index >= 15 is 0 Å². The summed E-state index contributed by atoms with van der Waals surface area (Å²) in [5.41, 5.74) is 0.811. The number of rotatable bonds is 6. The molecule has 21 heavy (non-hydrogen) atoms. The molecule has 0 aliphatic heterocycles. The van der Waals surface area contributed by atoms with Gasteiger partial charge >= 0.3 is 0 Å². The van der Waals surface area contributed by atoms with E-state index in [0.717, 1.165) is 24.7 Å². The number of hydrogen-bond donors (Lipinski definition) is 0. The van der Waals surface area contributed by atoms with Crippen LogP contribution in [-0.2, 0) is 6.42 Å². The molecule has 2 nitrogen and oxygen atoms in total. The van der Waals surface area contributed by atoms with Gasteiger partial charge in [-0.1, -0.05) is 19.8 Å². The highest BCUT2D eigenvalue weighted by Crippen LogP contribution is 2.39. The van der Waals surface area contributed by atoms with E-state index in [1.807, 2.05) is 4.57 Å². The first kappa shape index (κ1) is 14.8. The third-order valence-electron chi connectivity index (χ3n) is 4.27. The molecule has 114 valence electrons. The van der Waals surface area contributed by atoms with Crippen molar-refractivity contribution in [2.45, 2.75) is 45.1 Å². The summed E-state index contributed by atoms with van der Waals surface area (Å²) in [6, 6.07) is 2.85. The maximum atomic E-state index is 14.3. The number of benzene rings is 1. The molecule has 1 fully saturated rings. The second-order valence-corrected chi connectivity index (χ2v) is 6.19. The van der Waals surface area contributed by atoms with E-state index in [9.17, 15) is 8.78 Å². The fourth-order valence-corrected chi connectivity index (χ4v) is 3.19. The van der Waals surface area contributed by atoms with Crippen molar-refractivity contribution >= 4 is 22.6 Å². The van der Waals surface area contributed by atoms with Gasteiger partial charge in [0.15, 0.2) is 11.6 Å². The Hall–Kier alpha value is -1.16. The minimum Gasteiger partial charge on any atom is -0.322 e. The normalized spacial score (nSPS) is 16.6. The van der Waals surface area contributed by atoms with Crippen LogP contribution >= 0.6 is 11.6 Å². The van der Waals surface area contributed by atoms with Crippen LogP contribution in [0.1, 0.15) is 44.5 Å². The van der Waals surface area contributed by atoms with Crippen LogP contribution in [-0.4, -0.2) is 15.4 Å². The van der Waals surface area contributed by atoms with E-state index in [1.54, 1.807) is 6.07 Å². The number of nitrogens with zero attached hydrogens (tertiary/aromatic N) is 2. The van der Waals surface area contributed by atoms with Crippen molar-refractivity contribution in [1.29, 1.82) is 0 Å². The summed E-state index contributed by atoms with van der Waals surface area (Å²) >= 11 is 5.85. The summed E-state index contributed by atoms with van der Waals surface area (Å²) in [4.78, 5) is 4.47. The number of fused-ring (bicyclic) bond motifs is 1. The Morgan fingerprint density at radius 2 is 2.14 bits per heavy atom. The fourth-order valence-electron chi connectivity index (χ4n) is 3.02. The summed E-state index contributed by atoms with van der Waals surface area (Å²) in [5, 5.41) is 0. The summed E-state index contributed by atoms with van der Waals surface area (Å²) in [6.45, 7) is 2.08. The molecule has 0 bridgehead atoms. The zero-order chi connectivity index (χ0) is 15.0. The molecule has 1 unspecified atom stereocenters. The number of imidazole rings is 1. The highest BCUT2D eigenvalue weighted by Gasteiger charge is 2.28. The average Bonchev–Trinajstić information content (AvgIpc) is 3.22. The molecule has 0 spiro atoms. The predicted octanol–water partition coefficient (Wildman–Crippen LogP) is 4.85. The minimum absolute atomic E-state index is 0.164. The van der Waals surface area contributed by atoms with E-state index in [4.69, 9.17) is 11.6 Å². The van der Waals surface area contributed by atoms with Gasteiger partial charge in [0, 0.05) is 18.3 Å². The van der Waals surface area contributed by atoms with Crippen LogP contribution in [0, 0.1) is 17.6 Å². The number of alkyl halides is 1. The Morgan fingerprint density at radius 1 is 1.38 bits per heavy atom. The lowest BCUT2D eigenvalue weighted by atomic mass is 10.1. The molecule has 1 aromatic heterocycles. The Morgan fingerprint density at radius 3 is 2.76 bits per heavy atom. The highest BCUT2D eigenvalue weighted by molar-refractivity contribution is 6.17. The van der Waals surface area contributed by atoms with Gasteiger partial charge < -0.3 is 4.57 Å². The fraction of sp³-hybridized carbons (Fsp3) is 0.562. The number of hydrogen-bond acceptors (Lipinski definition) is 1. The Bertz CT molecular complexity index is 649. The van der Waals surface area contributed by atoms with Crippen molar-refractivity contribution < 1.29 is 8.78 Å². The second kappa shape index (κ2) is 5.91. The molecule has 0 saturated heterocycles. The zero-order valence-corrected chi connectivity index (χ0v) is 12.8. The van der Waals surface area contributed by atoms with Gasteiger partial charge in [0.1, 0.15) is 11.3 Å². The maximum Gasteiger partial charge on any atom is 0.184 e. The summed E-state index contributed by atoms with van der Waals surface area (Å²) < 4.78 is 29.8. The first-order valence-electron chi connectivity index (χ1n) is 7.56. The first-order valence-corrected chi connectivity index (χ1v) is 8.09. The lowest BCUT2D eigenvalue weighted by Crippen LogP contribution is -2.14. The van der Waals surface area contributed by atoms with Gasteiger partial charge in [-0.15, -0.1) is 11.6 Å². The summed E-state index contributed by atoms with van der Waals surface area (Å²) in [5.74, 6) is 0.287. The Labute approximate surface area is 128 Å². The van der Waals surface area contributed by atoms with Crippen LogP contribution in [0.15, 0.2) is 12.1 Å². The second-order valence-electron chi connectivity index (χ2n) is 5.81. The molecule has 1 saturated carbocycles. The van der Waals surface area contributed by atoms with Gasteiger partial charge in [0.05, 0.1) is 5.52 Å². The van der Waals surface area contributed by atoms with Gasteiger partial charge in [-0.25, -0.2) is 13.8 Å². The van der Waals surface area contributed by atoms with Gasteiger partial charge in [0.2, 0.25) is 0 Å². The number of halogens is 3. The van der Waals surface area contributed by atoms with E-state index in [0.29, 0.717) is 29.3 Å². The number of aromatic nitrogens is 2. The van der Waals surface area contributed by atoms with Gasteiger partial charge in [-0.3, -0.25) is 0 Å². The molecule has 0 N–H and O–H groups in total. The van der Waals surface area contributed by atoms with Crippen molar-refractivity contribution in [2.75, 3.05) is 5.88 Å². The van der Waals surface area contributed by atoms with Crippen LogP contribution in [0.4, 0.5) is 8.78 Å². The monoisotopic (exact) mass is 312 g/mol. The van der Waals surface area contributed by atoms with Gasteiger partial charge in [-0.05, 0) is 30.9 Å². The van der Waals surface area contributed by atoms with Crippen LogP contribution in [0.5, 0.6) is 0 Å². The maximum absolute atomic E-state index is 14.3. The van der Waals surface area contributed by atoms with E-state index < -0.39 is 11.6 Å². The van der Waals surface area contributed by atoms with E-state index in [2.05, 4.69) is 11.9 Å². The Kier molecular flexibility index (Phi) is 4.16. The molecule has 1 aliphatic carbocycles. The van der Waals surface area contributed by atoms with Crippen molar-refractivity contribution in [3.8, 4) is 0 Å². The van der Waals surface area contributed by atoms with E-state index in [1.165, 1.54) is 12.8 Å². The molecule has 0 radical (unpaired) electrons. The summed E-state index contributed by atoms with van der Waals surface area (Å²) in [7, 11) is 0. The van der Waals surface area contributed by atoms with Crippen molar-refractivity contribution in [3.63, 3.8) is 0 Å². The average molecular weight is 313 g/mol. The molecule has 1 aromatic carbocycles. The molecule has 0 amide bonds.